The highest BCUT2D eigenvalue weighted by atomic mass is 16.5. The van der Waals surface area contributed by atoms with Crippen LogP contribution >= 0.6 is 0 Å². The zero-order valence-electron chi connectivity index (χ0n) is 15.1. The molecular weight excluding hydrogens is 326 g/mol. The van der Waals surface area contributed by atoms with Gasteiger partial charge in [0.15, 0.2) is 0 Å². The maximum atomic E-state index is 13.0. The van der Waals surface area contributed by atoms with Gasteiger partial charge in [-0.15, -0.1) is 0 Å². The van der Waals surface area contributed by atoms with Crippen LogP contribution in [-0.2, 0) is 6.42 Å². The summed E-state index contributed by atoms with van der Waals surface area (Å²) in [7, 11) is 1.61. The summed E-state index contributed by atoms with van der Waals surface area (Å²) in [4.78, 5) is 18.4. The van der Waals surface area contributed by atoms with Gasteiger partial charge in [-0.2, -0.15) is 0 Å². The molecule has 5 nitrogen and oxygen atoms in total. The Labute approximate surface area is 153 Å². The number of carbonyl (C=O) groups is 1. The molecule has 1 aliphatic heterocycles. The summed E-state index contributed by atoms with van der Waals surface area (Å²) < 4.78 is 5.34. The molecule has 26 heavy (non-hydrogen) atoms. The van der Waals surface area contributed by atoms with Gasteiger partial charge in [-0.05, 0) is 36.6 Å². The average molecular weight is 349 g/mol. The third kappa shape index (κ3) is 2.69. The van der Waals surface area contributed by atoms with Crippen molar-refractivity contribution in [1.29, 1.82) is 0 Å². The molecule has 0 fully saturated rings. The van der Waals surface area contributed by atoms with Gasteiger partial charge in [-0.1, -0.05) is 37.3 Å². The van der Waals surface area contributed by atoms with Crippen molar-refractivity contribution in [2.75, 3.05) is 19.0 Å². The summed E-state index contributed by atoms with van der Waals surface area (Å²) >= 11 is 0. The lowest BCUT2D eigenvalue weighted by molar-refractivity contribution is 0.179. The fourth-order valence-electron chi connectivity index (χ4n) is 3.92. The van der Waals surface area contributed by atoms with Crippen LogP contribution in [-0.4, -0.2) is 29.6 Å². The Morgan fingerprint density at radius 1 is 1.23 bits per heavy atom. The largest absolute Gasteiger partial charge is 0.495 e. The minimum atomic E-state index is -0.0920. The van der Waals surface area contributed by atoms with Crippen LogP contribution in [0.1, 0.15) is 30.6 Å². The molecule has 0 saturated heterocycles. The Balaban J connectivity index is 1.64. The average Bonchev–Trinajstić information content (AvgIpc) is 3.06. The van der Waals surface area contributed by atoms with Crippen LogP contribution in [0.5, 0.6) is 5.75 Å². The van der Waals surface area contributed by atoms with Gasteiger partial charge in [-0.3, -0.25) is 0 Å². The van der Waals surface area contributed by atoms with Crippen LogP contribution in [0.15, 0.2) is 48.5 Å². The standard InChI is InChI=1S/C21H23N3O2/c1-3-18-20-15(14-8-4-5-9-16(14)22-20)12-13-24(18)21(25)23-17-10-6-7-11-19(17)26-2/h4-11,18,22H,3,12-13H2,1-2H3,(H,23,25)/t18-/m0/s1. The van der Waals surface area contributed by atoms with Crippen molar-refractivity contribution in [2.24, 2.45) is 0 Å². The molecule has 4 rings (SSSR count). The molecule has 2 heterocycles. The summed E-state index contributed by atoms with van der Waals surface area (Å²) in [6.07, 6.45) is 1.72. The smallest absolute Gasteiger partial charge is 0.322 e. The van der Waals surface area contributed by atoms with E-state index in [4.69, 9.17) is 4.74 Å². The molecule has 0 radical (unpaired) electrons. The molecule has 0 aliphatic carbocycles. The summed E-state index contributed by atoms with van der Waals surface area (Å²) in [5.41, 5.74) is 4.34. The van der Waals surface area contributed by atoms with E-state index in [2.05, 4.69) is 35.4 Å². The van der Waals surface area contributed by atoms with Gasteiger partial charge in [0, 0.05) is 23.1 Å². The highest BCUT2D eigenvalue weighted by molar-refractivity contribution is 5.92. The van der Waals surface area contributed by atoms with Crippen LogP contribution in [0, 0.1) is 0 Å². The number of aromatic nitrogens is 1. The van der Waals surface area contributed by atoms with E-state index in [1.165, 1.54) is 10.9 Å². The molecule has 2 aromatic carbocycles. The summed E-state index contributed by atoms with van der Waals surface area (Å²) in [5.74, 6) is 0.664. The van der Waals surface area contributed by atoms with Gasteiger partial charge in [0.2, 0.25) is 0 Å². The first-order chi connectivity index (χ1) is 12.7. The predicted octanol–water partition coefficient (Wildman–Crippen LogP) is 4.72. The van der Waals surface area contributed by atoms with Crippen LogP contribution < -0.4 is 10.1 Å². The minimum absolute atomic E-state index is 0.0425. The number of nitrogens with zero attached hydrogens (tertiary/aromatic N) is 1. The van der Waals surface area contributed by atoms with E-state index in [-0.39, 0.29) is 12.1 Å². The lowest BCUT2D eigenvalue weighted by Gasteiger charge is -2.35. The Kier molecular flexibility index (Phi) is 4.29. The Morgan fingerprint density at radius 2 is 2.00 bits per heavy atom. The predicted molar refractivity (Wildman–Crippen MR) is 104 cm³/mol. The quantitative estimate of drug-likeness (QED) is 0.719. The first-order valence-corrected chi connectivity index (χ1v) is 9.03. The van der Waals surface area contributed by atoms with Crippen LogP contribution in [0.3, 0.4) is 0 Å². The van der Waals surface area contributed by atoms with Crippen molar-refractivity contribution in [3.05, 3.63) is 59.8 Å². The molecule has 0 unspecified atom stereocenters. The van der Waals surface area contributed by atoms with E-state index in [0.717, 1.165) is 24.1 Å². The van der Waals surface area contributed by atoms with Gasteiger partial charge in [0.05, 0.1) is 18.8 Å². The second-order valence-corrected chi connectivity index (χ2v) is 6.56. The molecule has 2 N–H and O–H groups in total. The number of anilines is 1. The van der Waals surface area contributed by atoms with Gasteiger partial charge >= 0.3 is 6.03 Å². The van der Waals surface area contributed by atoms with E-state index in [1.54, 1.807) is 7.11 Å². The van der Waals surface area contributed by atoms with Gasteiger partial charge in [0.25, 0.3) is 0 Å². The monoisotopic (exact) mass is 349 g/mol. The minimum Gasteiger partial charge on any atom is -0.495 e. The second-order valence-electron chi connectivity index (χ2n) is 6.56. The number of rotatable bonds is 3. The SMILES string of the molecule is CC[C@H]1c2[nH]c3ccccc3c2CCN1C(=O)Nc1ccccc1OC. The first-order valence-electron chi connectivity index (χ1n) is 9.03. The first kappa shape index (κ1) is 16.5. The zero-order chi connectivity index (χ0) is 18.1. The fourth-order valence-corrected chi connectivity index (χ4v) is 3.92. The van der Waals surface area contributed by atoms with Gasteiger partial charge in [-0.25, -0.2) is 4.79 Å². The molecule has 1 atom stereocenters. The number of ether oxygens (including phenoxy) is 1. The number of methoxy groups -OCH3 is 1. The molecule has 1 aromatic heterocycles. The second kappa shape index (κ2) is 6.75. The Morgan fingerprint density at radius 3 is 2.81 bits per heavy atom. The number of para-hydroxylation sites is 3. The molecule has 2 amide bonds. The van der Waals surface area contributed by atoms with E-state index >= 15 is 0 Å². The Bertz CT molecular complexity index is 947. The lowest BCUT2D eigenvalue weighted by atomic mass is 9.96. The molecular formula is C21H23N3O2. The number of benzene rings is 2. The maximum Gasteiger partial charge on any atom is 0.322 e. The number of amides is 2. The molecule has 3 aromatic rings. The Hall–Kier alpha value is -2.95. The molecule has 1 aliphatic rings. The van der Waals surface area contributed by atoms with E-state index in [1.807, 2.05) is 35.2 Å². The van der Waals surface area contributed by atoms with Gasteiger partial charge < -0.3 is 19.9 Å². The van der Waals surface area contributed by atoms with Crippen molar-refractivity contribution in [1.82, 2.24) is 9.88 Å². The number of hydrogen-bond acceptors (Lipinski definition) is 2. The molecule has 0 saturated carbocycles. The summed E-state index contributed by atoms with van der Waals surface area (Å²) in [6.45, 7) is 2.82. The molecule has 134 valence electrons. The number of carbonyl (C=O) groups excluding carboxylic acids is 1. The third-order valence-electron chi connectivity index (χ3n) is 5.15. The lowest BCUT2D eigenvalue weighted by Crippen LogP contribution is -2.42. The maximum absolute atomic E-state index is 13.0. The van der Waals surface area contributed by atoms with Crippen molar-refractivity contribution < 1.29 is 9.53 Å². The number of hydrogen-bond donors (Lipinski definition) is 2. The van der Waals surface area contributed by atoms with E-state index < -0.39 is 0 Å². The highest BCUT2D eigenvalue weighted by Gasteiger charge is 2.32. The van der Waals surface area contributed by atoms with Crippen molar-refractivity contribution in [3.8, 4) is 5.75 Å². The topological polar surface area (TPSA) is 57.4 Å². The van der Waals surface area contributed by atoms with Crippen LogP contribution in [0.2, 0.25) is 0 Å². The number of H-pyrrole nitrogens is 1. The molecule has 5 heteroatoms. The van der Waals surface area contributed by atoms with Crippen molar-refractivity contribution in [3.63, 3.8) is 0 Å². The van der Waals surface area contributed by atoms with Crippen molar-refractivity contribution in [2.45, 2.75) is 25.8 Å². The van der Waals surface area contributed by atoms with E-state index in [9.17, 15) is 4.79 Å². The fraction of sp³-hybridized carbons (Fsp3) is 0.286. The summed E-state index contributed by atoms with van der Waals surface area (Å²) in [5, 5.41) is 4.28. The molecule has 0 spiro atoms. The number of aromatic amines is 1. The van der Waals surface area contributed by atoms with Crippen LogP contribution in [0.4, 0.5) is 10.5 Å². The van der Waals surface area contributed by atoms with E-state index in [0.29, 0.717) is 18.0 Å². The highest BCUT2D eigenvalue weighted by Crippen LogP contribution is 2.36. The molecule has 0 bridgehead atoms. The third-order valence-corrected chi connectivity index (χ3v) is 5.15. The summed E-state index contributed by atoms with van der Waals surface area (Å²) in [6, 6.07) is 15.8. The number of nitrogens with one attached hydrogen (secondary N) is 2. The van der Waals surface area contributed by atoms with Crippen molar-refractivity contribution >= 4 is 22.6 Å². The van der Waals surface area contributed by atoms with Gasteiger partial charge in [0.1, 0.15) is 5.75 Å². The number of fused-ring (bicyclic) bond motifs is 3. The normalized spacial score (nSPS) is 16.4. The van der Waals surface area contributed by atoms with Crippen LogP contribution in [0.25, 0.3) is 10.9 Å². The number of urea groups is 1. The zero-order valence-corrected chi connectivity index (χ0v) is 15.1.